The maximum absolute atomic E-state index is 10.8. The van der Waals surface area contributed by atoms with Crippen LogP contribution in [0.15, 0.2) is 6.08 Å². The van der Waals surface area contributed by atoms with Gasteiger partial charge in [0.05, 0.1) is 13.2 Å². The summed E-state index contributed by atoms with van der Waals surface area (Å²) in [5.74, 6) is 0.613. The van der Waals surface area contributed by atoms with Crippen LogP contribution in [0.25, 0.3) is 0 Å². The molecule has 0 saturated heterocycles. The molecule has 7 heteroatoms. The predicted octanol–water partition coefficient (Wildman–Crippen LogP) is 0.0800. The molecule has 1 N–H and O–H groups in total. The average molecular weight is 231 g/mol. The lowest BCUT2D eigenvalue weighted by molar-refractivity contribution is -0.134. The molecule has 0 bridgehead atoms. The van der Waals surface area contributed by atoms with E-state index in [2.05, 4.69) is 4.74 Å². The zero-order valence-corrected chi connectivity index (χ0v) is 9.00. The first-order valence-corrected chi connectivity index (χ1v) is 4.27. The Balaban J connectivity index is 0. The summed E-state index contributed by atoms with van der Waals surface area (Å²) in [7, 11) is 0. The lowest BCUT2D eigenvalue weighted by atomic mass is 10.6. The molecule has 7 nitrogen and oxygen atoms in total. The number of rotatable bonds is 4. The molecule has 0 spiro atoms. The fourth-order valence-electron chi connectivity index (χ4n) is 0.503. The molecule has 16 heavy (non-hydrogen) atoms. The summed E-state index contributed by atoms with van der Waals surface area (Å²) in [5.41, 5.74) is 0. The summed E-state index contributed by atoms with van der Waals surface area (Å²) in [6.07, 6.45) is 0.552. The lowest BCUT2D eigenvalue weighted by Gasteiger charge is -2.10. The topological polar surface area (TPSA) is 101 Å². The Kier molecular flexibility index (Phi) is 11.1. The number of aliphatic carboxylic acids is 1. The molecule has 0 heterocycles. The number of carboxylic acid groups (broad SMARTS) is 1. The minimum absolute atomic E-state index is 0.105. The number of nitrogens with zero attached hydrogens (tertiary/aromatic N) is 1. The van der Waals surface area contributed by atoms with E-state index in [0.29, 0.717) is 6.41 Å². The first kappa shape index (κ1) is 16.3. The van der Waals surface area contributed by atoms with Gasteiger partial charge in [-0.1, -0.05) is 0 Å². The highest BCUT2D eigenvalue weighted by Gasteiger charge is 2.10. The smallest absolute Gasteiger partial charge is 0.416 e. The van der Waals surface area contributed by atoms with E-state index in [1.165, 1.54) is 5.94 Å². The summed E-state index contributed by atoms with van der Waals surface area (Å²) in [5, 5.41) is 7.42. The van der Waals surface area contributed by atoms with Crippen molar-refractivity contribution in [2.75, 3.05) is 13.2 Å². The molecule has 0 radical (unpaired) electrons. The lowest BCUT2D eigenvalue weighted by Crippen LogP contribution is -2.30. The number of hydrogen-bond acceptors (Lipinski definition) is 5. The maximum Gasteiger partial charge on any atom is 0.416 e. The molecule has 0 aliphatic heterocycles. The van der Waals surface area contributed by atoms with Gasteiger partial charge in [-0.15, -0.1) is 0 Å². The van der Waals surface area contributed by atoms with Crippen LogP contribution in [0.5, 0.6) is 0 Å². The van der Waals surface area contributed by atoms with Crippen LogP contribution in [0.4, 0.5) is 4.79 Å². The van der Waals surface area contributed by atoms with E-state index in [1.807, 2.05) is 0 Å². The number of carbonyl (C=O) groups is 3. The highest BCUT2D eigenvalue weighted by Crippen LogP contribution is 1.89. The Hall–Kier alpha value is -2.14. The normalized spacial score (nSPS) is 7.62. The zero-order chi connectivity index (χ0) is 13.0. The Morgan fingerprint density at radius 2 is 2.00 bits per heavy atom. The Bertz CT molecular complexity index is 278. The van der Waals surface area contributed by atoms with E-state index in [4.69, 9.17) is 9.90 Å². The summed E-state index contributed by atoms with van der Waals surface area (Å²) >= 11 is 0. The molecule has 0 aromatic rings. The predicted molar refractivity (Wildman–Crippen MR) is 53.4 cm³/mol. The van der Waals surface area contributed by atoms with Gasteiger partial charge in [0.2, 0.25) is 6.41 Å². The summed E-state index contributed by atoms with van der Waals surface area (Å²) in [6.45, 7) is 2.79. The molecule has 0 saturated carbocycles. The highest BCUT2D eigenvalue weighted by atomic mass is 16.6. The van der Waals surface area contributed by atoms with Crippen molar-refractivity contribution in [3.8, 4) is 0 Å². The first-order valence-electron chi connectivity index (χ1n) is 4.27. The minimum Gasteiger partial charge on any atom is -0.481 e. The van der Waals surface area contributed by atoms with Gasteiger partial charge in [-0.3, -0.25) is 9.59 Å². The third-order valence-corrected chi connectivity index (χ3v) is 1.00. The standard InChI is InChI=1S/C7H9NO4.C2H4O2/c1-2-12-7(11)8(6-10)4-3-5-9;1-2(3)4/h3,6H,2,4H2,1H3;1H3,(H,3,4). The zero-order valence-electron chi connectivity index (χ0n) is 9.00. The third-order valence-electron chi connectivity index (χ3n) is 1.00. The van der Waals surface area contributed by atoms with Crippen LogP contribution in [0.3, 0.4) is 0 Å². The Morgan fingerprint density at radius 1 is 1.50 bits per heavy atom. The van der Waals surface area contributed by atoms with Gasteiger partial charge in [0.25, 0.3) is 5.97 Å². The SMILES string of the molecule is CC(=O)O.CCOC(=O)N(C=O)CC=C=O. The van der Waals surface area contributed by atoms with Gasteiger partial charge >= 0.3 is 6.09 Å². The molecule has 0 aromatic heterocycles. The molecular formula is C9H13NO6. The van der Waals surface area contributed by atoms with Crippen molar-refractivity contribution < 1.29 is 29.0 Å². The van der Waals surface area contributed by atoms with E-state index >= 15 is 0 Å². The van der Waals surface area contributed by atoms with Crippen molar-refractivity contribution in [2.45, 2.75) is 13.8 Å². The molecule has 0 aliphatic carbocycles. The monoisotopic (exact) mass is 231 g/mol. The molecule has 0 atom stereocenters. The van der Waals surface area contributed by atoms with Crippen molar-refractivity contribution in [1.82, 2.24) is 4.90 Å². The molecule has 0 unspecified atom stereocenters. The largest absolute Gasteiger partial charge is 0.481 e. The minimum atomic E-state index is -0.833. The molecular weight excluding hydrogens is 218 g/mol. The van der Waals surface area contributed by atoms with Gasteiger partial charge in [0.1, 0.15) is 5.94 Å². The quantitative estimate of drug-likeness (QED) is 0.543. The van der Waals surface area contributed by atoms with Gasteiger partial charge in [-0.25, -0.2) is 14.5 Å². The molecule has 0 rings (SSSR count). The Morgan fingerprint density at radius 3 is 2.31 bits per heavy atom. The Labute approximate surface area is 92.3 Å². The van der Waals surface area contributed by atoms with E-state index in [0.717, 1.165) is 17.9 Å². The van der Waals surface area contributed by atoms with E-state index in [9.17, 15) is 14.4 Å². The van der Waals surface area contributed by atoms with Crippen molar-refractivity contribution in [3.05, 3.63) is 6.08 Å². The van der Waals surface area contributed by atoms with Crippen molar-refractivity contribution in [3.63, 3.8) is 0 Å². The fourth-order valence-corrected chi connectivity index (χ4v) is 0.503. The van der Waals surface area contributed by atoms with Gasteiger partial charge in [-0.2, -0.15) is 0 Å². The summed E-state index contributed by atoms with van der Waals surface area (Å²) in [4.78, 5) is 40.5. The van der Waals surface area contributed by atoms with E-state index in [1.54, 1.807) is 6.92 Å². The number of imide groups is 1. The molecule has 0 aromatic carbocycles. The number of amides is 2. The van der Waals surface area contributed by atoms with Crippen molar-refractivity contribution in [1.29, 1.82) is 0 Å². The highest BCUT2D eigenvalue weighted by molar-refractivity contribution is 5.80. The van der Waals surface area contributed by atoms with Crippen LogP contribution in [0.1, 0.15) is 13.8 Å². The number of carbonyl (C=O) groups excluding carboxylic acids is 3. The number of carboxylic acids is 1. The van der Waals surface area contributed by atoms with Gasteiger partial charge in [0.15, 0.2) is 0 Å². The second-order valence-electron chi connectivity index (χ2n) is 2.30. The molecule has 2 amide bonds. The summed E-state index contributed by atoms with van der Waals surface area (Å²) in [6, 6.07) is 0. The maximum atomic E-state index is 10.8. The van der Waals surface area contributed by atoms with Gasteiger partial charge < -0.3 is 9.84 Å². The fraction of sp³-hybridized carbons (Fsp3) is 0.444. The second-order valence-corrected chi connectivity index (χ2v) is 2.30. The van der Waals surface area contributed by atoms with E-state index < -0.39 is 12.1 Å². The van der Waals surface area contributed by atoms with Crippen LogP contribution in [-0.2, 0) is 19.1 Å². The number of hydrogen-bond donors (Lipinski definition) is 1. The average Bonchev–Trinajstić information content (AvgIpc) is 2.18. The molecule has 0 fully saturated rings. The van der Waals surface area contributed by atoms with Crippen molar-refractivity contribution >= 4 is 24.4 Å². The van der Waals surface area contributed by atoms with Crippen LogP contribution >= 0.6 is 0 Å². The molecule has 0 aliphatic rings. The molecule has 90 valence electrons. The van der Waals surface area contributed by atoms with Gasteiger partial charge in [-0.05, 0) is 6.92 Å². The van der Waals surface area contributed by atoms with Crippen LogP contribution in [0, 0.1) is 0 Å². The van der Waals surface area contributed by atoms with Crippen molar-refractivity contribution in [2.24, 2.45) is 0 Å². The summed E-state index contributed by atoms with van der Waals surface area (Å²) < 4.78 is 4.50. The second kappa shape index (κ2) is 10.9. The first-order chi connectivity index (χ1) is 7.49. The van der Waals surface area contributed by atoms with E-state index in [-0.39, 0.29) is 13.2 Å². The van der Waals surface area contributed by atoms with Crippen LogP contribution in [-0.4, -0.2) is 47.6 Å². The number of ether oxygens (including phenoxy) is 1. The van der Waals surface area contributed by atoms with Gasteiger partial charge in [0, 0.05) is 13.0 Å². The van der Waals surface area contributed by atoms with Crippen LogP contribution in [0.2, 0.25) is 0 Å². The third kappa shape index (κ3) is 11.9. The van der Waals surface area contributed by atoms with Crippen LogP contribution < -0.4 is 0 Å².